The number of nitrogen functional groups attached to an aromatic ring is 1. The summed E-state index contributed by atoms with van der Waals surface area (Å²) in [5.74, 6) is 0.625. The van der Waals surface area contributed by atoms with Crippen LogP contribution in [-0.4, -0.2) is 15.3 Å². The maximum atomic E-state index is 9.61. The molecule has 5 heteroatoms. The highest BCUT2D eigenvalue weighted by molar-refractivity contribution is 9.10. The lowest BCUT2D eigenvalue weighted by Crippen LogP contribution is -1.87. The molecule has 0 spiro atoms. The van der Waals surface area contributed by atoms with Gasteiger partial charge in [0.15, 0.2) is 0 Å². The van der Waals surface area contributed by atoms with Crippen molar-refractivity contribution in [2.45, 2.75) is 0 Å². The van der Waals surface area contributed by atoms with Crippen molar-refractivity contribution in [3.63, 3.8) is 0 Å². The van der Waals surface area contributed by atoms with Crippen molar-refractivity contribution in [2.75, 3.05) is 5.73 Å². The molecule has 0 saturated carbocycles. The standard InChI is InChI=1S/C9H8BrN3O/c10-5-1-2-8(14)6(3-5)7-4-12-13-9(7)11/h1-4,14H,(H3,11,12,13). The van der Waals surface area contributed by atoms with Crippen LogP contribution < -0.4 is 5.73 Å². The van der Waals surface area contributed by atoms with Crippen LogP contribution in [0.4, 0.5) is 5.82 Å². The molecule has 0 saturated heterocycles. The number of aromatic amines is 1. The van der Waals surface area contributed by atoms with Gasteiger partial charge in [-0.1, -0.05) is 15.9 Å². The van der Waals surface area contributed by atoms with Crippen molar-refractivity contribution < 1.29 is 5.11 Å². The number of nitrogens with two attached hydrogens (primary N) is 1. The zero-order chi connectivity index (χ0) is 10.1. The van der Waals surface area contributed by atoms with Gasteiger partial charge in [-0.15, -0.1) is 0 Å². The second kappa shape index (κ2) is 3.34. The monoisotopic (exact) mass is 253 g/mol. The maximum Gasteiger partial charge on any atom is 0.126 e. The highest BCUT2D eigenvalue weighted by Gasteiger charge is 2.09. The third kappa shape index (κ3) is 1.46. The van der Waals surface area contributed by atoms with E-state index in [1.54, 1.807) is 24.4 Å². The summed E-state index contributed by atoms with van der Waals surface area (Å²) in [7, 11) is 0. The van der Waals surface area contributed by atoms with Gasteiger partial charge in [0.25, 0.3) is 0 Å². The van der Waals surface area contributed by atoms with Crippen molar-refractivity contribution in [3.05, 3.63) is 28.9 Å². The summed E-state index contributed by atoms with van der Waals surface area (Å²) in [5.41, 5.74) is 7.00. The number of hydrogen-bond donors (Lipinski definition) is 3. The molecule has 1 aromatic carbocycles. The van der Waals surface area contributed by atoms with E-state index in [1.807, 2.05) is 0 Å². The molecule has 0 unspecified atom stereocenters. The number of nitrogens with one attached hydrogen (secondary N) is 1. The molecule has 14 heavy (non-hydrogen) atoms. The lowest BCUT2D eigenvalue weighted by Gasteiger charge is -2.03. The van der Waals surface area contributed by atoms with Gasteiger partial charge in [-0.25, -0.2) is 0 Å². The van der Waals surface area contributed by atoms with E-state index in [4.69, 9.17) is 5.73 Å². The van der Waals surface area contributed by atoms with Gasteiger partial charge in [-0.05, 0) is 18.2 Å². The van der Waals surface area contributed by atoms with Crippen LogP contribution in [0.1, 0.15) is 0 Å². The molecule has 1 aromatic heterocycles. The number of hydrogen-bond acceptors (Lipinski definition) is 3. The fraction of sp³-hybridized carbons (Fsp3) is 0. The average Bonchev–Trinajstić information content (AvgIpc) is 2.56. The van der Waals surface area contributed by atoms with Gasteiger partial charge in [-0.2, -0.15) is 5.10 Å². The van der Waals surface area contributed by atoms with Crippen LogP contribution in [0.3, 0.4) is 0 Å². The van der Waals surface area contributed by atoms with Crippen LogP contribution >= 0.6 is 15.9 Å². The lowest BCUT2D eigenvalue weighted by molar-refractivity contribution is 0.477. The summed E-state index contributed by atoms with van der Waals surface area (Å²) in [4.78, 5) is 0. The van der Waals surface area contributed by atoms with Crippen LogP contribution in [0.15, 0.2) is 28.9 Å². The smallest absolute Gasteiger partial charge is 0.126 e. The van der Waals surface area contributed by atoms with Crippen LogP contribution in [0, 0.1) is 0 Å². The summed E-state index contributed by atoms with van der Waals surface area (Å²) in [6, 6.07) is 5.15. The minimum atomic E-state index is 0.182. The zero-order valence-electron chi connectivity index (χ0n) is 7.16. The first kappa shape index (κ1) is 9.08. The number of aromatic nitrogens is 2. The first-order valence-corrected chi connectivity index (χ1v) is 4.75. The Hall–Kier alpha value is -1.49. The average molecular weight is 254 g/mol. The van der Waals surface area contributed by atoms with Crippen molar-refractivity contribution >= 4 is 21.7 Å². The largest absolute Gasteiger partial charge is 0.507 e. The Morgan fingerprint density at radius 1 is 1.36 bits per heavy atom. The number of benzene rings is 1. The van der Waals surface area contributed by atoms with Crippen LogP contribution in [0.5, 0.6) is 5.75 Å². The molecule has 0 aliphatic carbocycles. The topological polar surface area (TPSA) is 74.9 Å². The quantitative estimate of drug-likeness (QED) is 0.729. The lowest BCUT2D eigenvalue weighted by atomic mass is 10.1. The molecular weight excluding hydrogens is 246 g/mol. The fourth-order valence-electron chi connectivity index (χ4n) is 1.23. The highest BCUT2D eigenvalue weighted by Crippen LogP contribution is 2.33. The molecule has 0 aliphatic rings. The molecule has 0 aliphatic heterocycles. The third-order valence-corrected chi connectivity index (χ3v) is 2.41. The molecule has 0 fully saturated rings. The summed E-state index contributed by atoms with van der Waals surface area (Å²) < 4.78 is 0.880. The number of rotatable bonds is 1. The number of anilines is 1. The van der Waals surface area contributed by atoms with Crippen molar-refractivity contribution in [3.8, 4) is 16.9 Å². The second-order valence-electron chi connectivity index (χ2n) is 2.86. The normalized spacial score (nSPS) is 10.4. The first-order chi connectivity index (χ1) is 6.68. The Kier molecular flexibility index (Phi) is 2.17. The molecule has 0 amide bonds. The molecule has 1 heterocycles. The SMILES string of the molecule is Nc1[nH]ncc1-c1cc(Br)ccc1O. The first-order valence-electron chi connectivity index (χ1n) is 3.96. The van der Waals surface area contributed by atoms with Crippen LogP contribution in [0.2, 0.25) is 0 Å². The molecule has 0 bridgehead atoms. The Labute approximate surface area is 88.9 Å². The molecule has 2 rings (SSSR count). The Bertz CT molecular complexity index is 467. The molecule has 2 aromatic rings. The van der Waals surface area contributed by atoms with Crippen LogP contribution in [0.25, 0.3) is 11.1 Å². The van der Waals surface area contributed by atoms with Gasteiger partial charge in [0.2, 0.25) is 0 Å². The summed E-state index contributed by atoms with van der Waals surface area (Å²) in [6.07, 6.45) is 1.58. The van der Waals surface area contributed by atoms with Crippen molar-refractivity contribution in [1.82, 2.24) is 10.2 Å². The van der Waals surface area contributed by atoms with E-state index in [1.165, 1.54) is 0 Å². The van der Waals surface area contributed by atoms with E-state index in [2.05, 4.69) is 26.1 Å². The van der Waals surface area contributed by atoms with E-state index < -0.39 is 0 Å². The van der Waals surface area contributed by atoms with E-state index in [0.29, 0.717) is 16.9 Å². The van der Waals surface area contributed by atoms with E-state index >= 15 is 0 Å². The minimum absolute atomic E-state index is 0.182. The molecule has 0 radical (unpaired) electrons. The van der Waals surface area contributed by atoms with Crippen molar-refractivity contribution in [2.24, 2.45) is 0 Å². The van der Waals surface area contributed by atoms with Gasteiger partial charge in [0, 0.05) is 15.6 Å². The Balaban J connectivity index is 2.62. The number of halogens is 1. The zero-order valence-corrected chi connectivity index (χ0v) is 8.75. The molecule has 72 valence electrons. The molecule has 0 atom stereocenters. The van der Waals surface area contributed by atoms with Gasteiger partial charge in [0.05, 0.1) is 6.20 Å². The predicted octanol–water partition coefficient (Wildman–Crippen LogP) is 2.13. The van der Waals surface area contributed by atoms with E-state index in [-0.39, 0.29) is 5.75 Å². The maximum absolute atomic E-state index is 9.61. The second-order valence-corrected chi connectivity index (χ2v) is 3.77. The van der Waals surface area contributed by atoms with Gasteiger partial charge < -0.3 is 10.8 Å². The third-order valence-electron chi connectivity index (χ3n) is 1.92. The summed E-state index contributed by atoms with van der Waals surface area (Å²) >= 11 is 3.32. The Morgan fingerprint density at radius 2 is 2.14 bits per heavy atom. The summed E-state index contributed by atoms with van der Waals surface area (Å²) in [6.45, 7) is 0. The predicted molar refractivity (Wildman–Crippen MR) is 57.8 cm³/mol. The number of phenols is 1. The van der Waals surface area contributed by atoms with Gasteiger partial charge in [0.1, 0.15) is 11.6 Å². The van der Waals surface area contributed by atoms with E-state index in [9.17, 15) is 5.11 Å². The summed E-state index contributed by atoms with van der Waals surface area (Å²) in [5, 5.41) is 16.0. The number of H-pyrrole nitrogens is 1. The minimum Gasteiger partial charge on any atom is -0.507 e. The van der Waals surface area contributed by atoms with Gasteiger partial charge >= 0.3 is 0 Å². The van der Waals surface area contributed by atoms with E-state index in [0.717, 1.165) is 4.47 Å². The Morgan fingerprint density at radius 3 is 2.79 bits per heavy atom. The highest BCUT2D eigenvalue weighted by atomic mass is 79.9. The molecule has 4 nitrogen and oxygen atoms in total. The fourth-order valence-corrected chi connectivity index (χ4v) is 1.60. The van der Waals surface area contributed by atoms with Crippen LogP contribution in [-0.2, 0) is 0 Å². The molecular formula is C9H8BrN3O. The number of aromatic hydroxyl groups is 1. The number of nitrogens with zero attached hydrogens (tertiary/aromatic N) is 1. The molecule has 4 N–H and O–H groups in total. The van der Waals surface area contributed by atoms with Crippen molar-refractivity contribution in [1.29, 1.82) is 0 Å². The van der Waals surface area contributed by atoms with Gasteiger partial charge in [-0.3, -0.25) is 5.10 Å². The number of phenolic OH excluding ortho intramolecular Hbond substituents is 1.